The zero-order chi connectivity index (χ0) is 38.2. The number of piperidine rings is 1. The molecule has 4 heterocycles. The summed E-state index contributed by atoms with van der Waals surface area (Å²) in [5.74, 6) is -3.35. The van der Waals surface area contributed by atoms with Crippen LogP contribution in [0.5, 0.6) is 0 Å². The molecule has 0 bridgehead atoms. The van der Waals surface area contributed by atoms with Crippen LogP contribution in [0.15, 0.2) is 78.9 Å². The molecule has 8 rings (SSSR count). The van der Waals surface area contributed by atoms with E-state index in [1.165, 1.54) is 12.1 Å². The van der Waals surface area contributed by atoms with Crippen LogP contribution in [0.3, 0.4) is 0 Å². The minimum absolute atomic E-state index is 0.0680. The largest absolute Gasteiger partial charge is 0.384 e. The van der Waals surface area contributed by atoms with Crippen molar-refractivity contribution in [2.45, 2.75) is 25.3 Å². The number of amides is 5. The van der Waals surface area contributed by atoms with Crippen LogP contribution in [0.1, 0.15) is 55.0 Å². The first-order valence-electron chi connectivity index (χ1n) is 18.0. The van der Waals surface area contributed by atoms with Crippen LogP contribution in [-0.2, 0) is 16.0 Å². The molecule has 280 valence electrons. The number of hydrogen-bond donors (Lipinski definition) is 4. The fourth-order valence-corrected chi connectivity index (χ4v) is 7.39. The Morgan fingerprint density at radius 1 is 0.818 bits per heavy atom. The monoisotopic (exact) mass is 746 g/mol. The first-order valence-corrected chi connectivity index (χ1v) is 18.0. The van der Waals surface area contributed by atoms with Crippen molar-refractivity contribution >= 4 is 57.6 Å². The summed E-state index contributed by atoms with van der Waals surface area (Å²) in [6.45, 7) is 4.60. The lowest BCUT2D eigenvalue weighted by Crippen LogP contribution is -2.54. The first kappa shape index (κ1) is 35.5. The number of piperazine rings is 1. The highest BCUT2D eigenvalue weighted by Crippen LogP contribution is 2.30. The highest BCUT2D eigenvalue weighted by Gasteiger charge is 2.44. The molecule has 55 heavy (non-hydrogen) atoms. The van der Waals surface area contributed by atoms with Crippen molar-refractivity contribution in [1.82, 2.24) is 25.3 Å². The Morgan fingerprint density at radius 2 is 1.56 bits per heavy atom. The third-order valence-corrected chi connectivity index (χ3v) is 10.3. The molecule has 4 aromatic carbocycles. The molecule has 1 aromatic heterocycles. The van der Waals surface area contributed by atoms with Gasteiger partial charge in [0.1, 0.15) is 17.7 Å². The van der Waals surface area contributed by atoms with Crippen molar-refractivity contribution in [3.8, 4) is 0 Å². The Labute approximate surface area is 313 Å². The predicted octanol–water partition coefficient (Wildman–Crippen LogP) is 4.32. The molecule has 1 atom stereocenters. The van der Waals surface area contributed by atoms with Gasteiger partial charge in [0.15, 0.2) is 5.82 Å². The second-order valence-electron chi connectivity index (χ2n) is 13.9. The van der Waals surface area contributed by atoms with Gasteiger partial charge in [0, 0.05) is 74.1 Å². The summed E-state index contributed by atoms with van der Waals surface area (Å²) in [6, 6.07) is 20.3. The summed E-state index contributed by atoms with van der Waals surface area (Å²) < 4.78 is 27.4. The number of hydrogen-bond acceptors (Lipinski definition) is 9. The molecule has 1 unspecified atom stereocenters. The van der Waals surface area contributed by atoms with Crippen LogP contribution in [0, 0.1) is 11.6 Å². The van der Waals surface area contributed by atoms with Gasteiger partial charge in [-0.1, -0.05) is 6.07 Å². The summed E-state index contributed by atoms with van der Waals surface area (Å²) in [4.78, 5) is 68.8. The second-order valence-corrected chi connectivity index (χ2v) is 13.9. The number of rotatable bonds is 10. The van der Waals surface area contributed by atoms with Crippen molar-refractivity contribution in [3.63, 3.8) is 0 Å². The van der Waals surface area contributed by atoms with Gasteiger partial charge >= 0.3 is 0 Å². The zero-order valence-electron chi connectivity index (χ0n) is 29.5. The van der Waals surface area contributed by atoms with E-state index in [0.717, 1.165) is 54.9 Å². The number of halogens is 2. The smallest absolute Gasteiger partial charge is 0.262 e. The lowest BCUT2D eigenvalue weighted by Gasteiger charge is -2.36. The summed E-state index contributed by atoms with van der Waals surface area (Å²) in [7, 11) is 0. The lowest BCUT2D eigenvalue weighted by atomic mass is 10.0. The van der Waals surface area contributed by atoms with E-state index in [9.17, 15) is 32.8 Å². The molecule has 3 aliphatic heterocycles. The van der Waals surface area contributed by atoms with Crippen LogP contribution in [0.25, 0.3) is 10.9 Å². The van der Waals surface area contributed by atoms with Crippen molar-refractivity contribution in [1.29, 1.82) is 0 Å². The van der Waals surface area contributed by atoms with Gasteiger partial charge in [-0.25, -0.2) is 8.78 Å². The fraction of sp³-hybridized carbons (Fsp3) is 0.250. The molecule has 0 saturated carbocycles. The predicted molar refractivity (Wildman–Crippen MR) is 200 cm³/mol. The molecular formula is C40H36F2N8O5. The SMILES string of the molecule is O=C1CCC(N2C(=O)c3ccc(NCCN4CCN(c5ccc(C(=O)Nc6n[nH]c7ccc(Cc8cc(F)cc(F)c8)cc67)cc5)CC4)cc3C2=O)C(=O)N1. The number of nitrogens with one attached hydrogen (secondary N) is 4. The number of aromatic nitrogens is 2. The maximum absolute atomic E-state index is 13.7. The molecule has 15 heteroatoms. The molecule has 3 aliphatic rings. The van der Waals surface area contributed by atoms with Crippen molar-refractivity contribution < 1.29 is 32.8 Å². The van der Waals surface area contributed by atoms with Gasteiger partial charge in [-0.05, 0) is 90.7 Å². The Bertz CT molecular complexity index is 2340. The third-order valence-electron chi connectivity index (χ3n) is 10.3. The molecule has 2 saturated heterocycles. The number of carbonyl (C=O) groups is 5. The number of H-pyrrole nitrogens is 1. The highest BCUT2D eigenvalue weighted by atomic mass is 19.1. The molecule has 0 radical (unpaired) electrons. The minimum atomic E-state index is -1.00. The average Bonchev–Trinajstić information content (AvgIpc) is 3.67. The number of aromatic amines is 1. The van der Waals surface area contributed by atoms with Gasteiger partial charge in [0.2, 0.25) is 11.8 Å². The van der Waals surface area contributed by atoms with E-state index in [4.69, 9.17) is 0 Å². The number of fused-ring (bicyclic) bond motifs is 2. The van der Waals surface area contributed by atoms with E-state index in [0.29, 0.717) is 46.5 Å². The third kappa shape index (κ3) is 7.38. The van der Waals surface area contributed by atoms with E-state index >= 15 is 0 Å². The molecule has 0 spiro atoms. The van der Waals surface area contributed by atoms with E-state index in [2.05, 4.69) is 35.9 Å². The van der Waals surface area contributed by atoms with E-state index < -0.39 is 41.3 Å². The van der Waals surface area contributed by atoms with E-state index in [1.54, 1.807) is 30.3 Å². The van der Waals surface area contributed by atoms with Gasteiger partial charge < -0.3 is 15.5 Å². The van der Waals surface area contributed by atoms with Crippen molar-refractivity contribution in [3.05, 3.63) is 118 Å². The summed E-state index contributed by atoms with van der Waals surface area (Å²) in [5, 5.41) is 16.3. The molecule has 5 amide bonds. The topological polar surface area (TPSA) is 160 Å². The van der Waals surface area contributed by atoms with Gasteiger partial charge in [0.25, 0.3) is 17.7 Å². The van der Waals surface area contributed by atoms with E-state index in [-0.39, 0.29) is 29.9 Å². The summed E-state index contributed by atoms with van der Waals surface area (Å²) in [5.41, 5.74) is 4.67. The number of imide groups is 2. The zero-order valence-corrected chi connectivity index (χ0v) is 29.5. The molecule has 4 N–H and O–H groups in total. The number of nitrogens with zero attached hydrogens (tertiary/aromatic N) is 4. The maximum Gasteiger partial charge on any atom is 0.262 e. The standard InChI is InChI=1S/C40H36F2N8O5/c41-26-18-24(19-27(42)21-26)17-23-1-8-33-32(20-23)36(47-46-33)45-37(52)25-2-5-29(6-3-25)49-15-13-48(14-16-49)12-11-43-28-4-7-30-31(22-28)40(55)50(39(30)54)34-9-10-35(51)44-38(34)53/h1-8,18-22,34,43H,9-17H2,(H,44,51,53)(H2,45,46,47,52). The summed E-state index contributed by atoms with van der Waals surface area (Å²) >= 11 is 0. The lowest BCUT2D eigenvalue weighted by molar-refractivity contribution is -0.136. The Kier molecular flexibility index (Phi) is 9.53. The average molecular weight is 747 g/mol. The summed E-state index contributed by atoms with van der Waals surface area (Å²) in [6.07, 6.45) is 0.491. The van der Waals surface area contributed by atoms with Crippen LogP contribution >= 0.6 is 0 Å². The minimum Gasteiger partial charge on any atom is -0.384 e. The molecule has 0 aliphatic carbocycles. The van der Waals surface area contributed by atoms with Crippen LogP contribution in [0.2, 0.25) is 0 Å². The fourth-order valence-electron chi connectivity index (χ4n) is 7.39. The van der Waals surface area contributed by atoms with Crippen LogP contribution in [0.4, 0.5) is 26.0 Å². The van der Waals surface area contributed by atoms with Gasteiger partial charge in [-0.15, -0.1) is 0 Å². The van der Waals surface area contributed by atoms with Crippen LogP contribution < -0.4 is 20.9 Å². The molecule has 2 fully saturated rings. The number of carbonyl (C=O) groups excluding carboxylic acids is 5. The van der Waals surface area contributed by atoms with Crippen molar-refractivity contribution in [2.75, 3.05) is 54.8 Å². The van der Waals surface area contributed by atoms with Crippen LogP contribution in [-0.4, -0.2) is 94.8 Å². The molecule has 5 aromatic rings. The highest BCUT2D eigenvalue weighted by molar-refractivity contribution is 6.23. The Morgan fingerprint density at radius 3 is 2.31 bits per heavy atom. The Hall–Kier alpha value is -6.48. The second kappa shape index (κ2) is 14.7. The Balaban J connectivity index is 0.813. The normalized spacial score (nSPS) is 17.5. The first-order chi connectivity index (χ1) is 26.6. The quantitative estimate of drug-likeness (QED) is 0.153. The van der Waals surface area contributed by atoms with Crippen molar-refractivity contribution in [2.24, 2.45) is 0 Å². The van der Waals surface area contributed by atoms with Gasteiger partial charge in [-0.3, -0.25) is 44.2 Å². The van der Waals surface area contributed by atoms with Gasteiger partial charge in [-0.2, -0.15) is 5.10 Å². The van der Waals surface area contributed by atoms with E-state index in [1.807, 2.05) is 30.3 Å². The molecular weight excluding hydrogens is 710 g/mol. The maximum atomic E-state index is 13.7. The molecule has 13 nitrogen and oxygen atoms in total. The van der Waals surface area contributed by atoms with Gasteiger partial charge in [0.05, 0.1) is 16.6 Å². The number of anilines is 3. The number of benzene rings is 4.